The van der Waals surface area contributed by atoms with Crippen LogP contribution in [-0.2, 0) is 9.53 Å². The van der Waals surface area contributed by atoms with Crippen LogP contribution in [0.3, 0.4) is 0 Å². The van der Waals surface area contributed by atoms with Gasteiger partial charge in [-0.05, 0) is 18.4 Å². The number of hydrogen-bond acceptors (Lipinski definition) is 3. The number of cyclic esters (lactones) is 1. The molecule has 60 valence electrons. The molecule has 5 heteroatoms. The van der Waals surface area contributed by atoms with Gasteiger partial charge in [-0.2, -0.15) is 0 Å². The molecule has 0 saturated carbocycles. The molecule has 0 unspecified atom stereocenters. The highest BCUT2D eigenvalue weighted by atomic mass is 16.5. The van der Waals surface area contributed by atoms with Gasteiger partial charge in [0.25, 0.3) is 0 Å². The average Bonchev–Trinajstić information content (AvgIpc) is 2.01. The van der Waals surface area contributed by atoms with Crippen LogP contribution < -0.4 is 0 Å². The summed E-state index contributed by atoms with van der Waals surface area (Å²) in [7, 11) is 0. The maximum atomic E-state index is 10.7. The van der Waals surface area contributed by atoms with Crippen LogP contribution in [0.5, 0.6) is 0 Å². The van der Waals surface area contributed by atoms with Gasteiger partial charge in [0, 0.05) is 11.3 Å². The van der Waals surface area contributed by atoms with Gasteiger partial charge in [0.15, 0.2) is 0 Å². The molecule has 1 rings (SSSR count). The minimum absolute atomic E-state index is 0.186. The molecule has 1 heterocycles. The van der Waals surface area contributed by atoms with E-state index >= 15 is 0 Å². The monoisotopic (exact) mass is 155 g/mol. The second kappa shape index (κ2) is 3.83. The van der Waals surface area contributed by atoms with Crippen molar-refractivity contribution in [3.63, 3.8) is 0 Å². The topological polar surface area (TPSA) is 75.1 Å². The Balaban J connectivity index is 2.33. The van der Waals surface area contributed by atoms with Crippen molar-refractivity contribution in [2.75, 3.05) is 6.54 Å². The molecule has 0 spiro atoms. The molecular weight excluding hydrogens is 146 g/mol. The maximum absolute atomic E-state index is 10.7. The summed E-state index contributed by atoms with van der Waals surface area (Å²) >= 11 is 0. The first-order chi connectivity index (χ1) is 5.33. The number of esters is 1. The van der Waals surface area contributed by atoms with Gasteiger partial charge in [-0.1, -0.05) is 5.11 Å². The lowest BCUT2D eigenvalue weighted by molar-refractivity contribution is -0.152. The van der Waals surface area contributed by atoms with Gasteiger partial charge in [-0.3, -0.25) is 4.79 Å². The quantitative estimate of drug-likeness (QED) is 0.261. The van der Waals surface area contributed by atoms with E-state index in [1.54, 1.807) is 0 Å². The highest BCUT2D eigenvalue weighted by molar-refractivity contribution is 5.70. The zero-order valence-corrected chi connectivity index (χ0v) is 6.06. The lowest BCUT2D eigenvalue weighted by atomic mass is 10.1. The summed E-state index contributed by atoms with van der Waals surface area (Å²) in [6.07, 6.45) is 1.95. The van der Waals surface area contributed by atoms with Gasteiger partial charge in [0.05, 0.1) is 6.54 Å². The first kappa shape index (κ1) is 7.88. The second-order valence-corrected chi connectivity index (χ2v) is 2.42. The molecular formula is C6H9N3O2. The van der Waals surface area contributed by atoms with E-state index in [0.29, 0.717) is 6.42 Å². The van der Waals surface area contributed by atoms with Crippen LogP contribution in [0, 0.1) is 0 Å². The summed E-state index contributed by atoms with van der Waals surface area (Å²) in [6.45, 7) is 0.266. The molecule has 1 saturated heterocycles. The Labute approximate surface area is 64.0 Å². The van der Waals surface area contributed by atoms with Crippen molar-refractivity contribution >= 4 is 5.97 Å². The van der Waals surface area contributed by atoms with Crippen molar-refractivity contribution in [1.82, 2.24) is 0 Å². The van der Waals surface area contributed by atoms with E-state index in [9.17, 15) is 4.79 Å². The second-order valence-electron chi connectivity index (χ2n) is 2.42. The largest absolute Gasteiger partial charge is 0.462 e. The van der Waals surface area contributed by atoms with Crippen molar-refractivity contribution in [3.05, 3.63) is 10.4 Å². The summed E-state index contributed by atoms with van der Waals surface area (Å²) < 4.78 is 4.88. The first-order valence-electron chi connectivity index (χ1n) is 3.53. The molecule has 1 fully saturated rings. The van der Waals surface area contributed by atoms with Crippen LogP contribution in [0.2, 0.25) is 0 Å². The minimum Gasteiger partial charge on any atom is -0.462 e. The predicted octanol–water partition coefficient (Wildman–Crippen LogP) is 1.39. The molecule has 0 bridgehead atoms. The summed E-state index contributed by atoms with van der Waals surface area (Å²) in [5, 5.41) is 3.33. The van der Waals surface area contributed by atoms with Gasteiger partial charge in [-0.25, -0.2) is 0 Å². The Morgan fingerprint density at radius 1 is 1.82 bits per heavy atom. The van der Waals surface area contributed by atoms with Crippen LogP contribution in [0.25, 0.3) is 10.4 Å². The smallest absolute Gasteiger partial charge is 0.306 e. The molecule has 0 radical (unpaired) electrons. The highest BCUT2D eigenvalue weighted by Crippen LogP contribution is 2.13. The highest BCUT2D eigenvalue weighted by Gasteiger charge is 2.18. The lowest BCUT2D eigenvalue weighted by Crippen LogP contribution is -2.25. The van der Waals surface area contributed by atoms with Gasteiger partial charge in [-0.15, -0.1) is 0 Å². The summed E-state index contributed by atoms with van der Waals surface area (Å²) in [4.78, 5) is 13.3. The molecule has 11 heavy (non-hydrogen) atoms. The maximum Gasteiger partial charge on any atom is 0.306 e. The van der Waals surface area contributed by atoms with Crippen LogP contribution in [0.4, 0.5) is 0 Å². The van der Waals surface area contributed by atoms with Crippen molar-refractivity contribution in [1.29, 1.82) is 0 Å². The third kappa shape index (κ3) is 2.47. The average molecular weight is 155 g/mol. The van der Waals surface area contributed by atoms with E-state index in [2.05, 4.69) is 10.0 Å². The Bertz CT molecular complexity index is 196. The molecule has 0 N–H and O–H groups in total. The SMILES string of the molecule is [N-]=[N+]=NC[C@H]1CCCC(=O)O1. The number of carbonyl (C=O) groups excluding carboxylic acids is 1. The molecule has 0 aromatic rings. The summed E-state index contributed by atoms with van der Waals surface area (Å²) in [6, 6.07) is 0. The van der Waals surface area contributed by atoms with Crippen molar-refractivity contribution in [3.8, 4) is 0 Å². The number of carbonyl (C=O) groups is 1. The van der Waals surface area contributed by atoms with Crippen molar-refractivity contribution in [2.24, 2.45) is 5.11 Å². The van der Waals surface area contributed by atoms with Crippen LogP contribution >= 0.6 is 0 Å². The lowest BCUT2D eigenvalue weighted by Gasteiger charge is -2.19. The van der Waals surface area contributed by atoms with E-state index in [0.717, 1.165) is 12.8 Å². The number of hydrogen-bond donors (Lipinski definition) is 0. The third-order valence-corrected chi connectivity index (χ3v) is 1.55. The van der Waals surface area contributed by atoms with Crippen molar-refractivity contribution in [2.45, 2.75) is 25.4 Å². The Morgan fingerprint density at radius 2 is 2.64 bits per heavy atom. The van der Waals surface area contributed by atoms with E-state index in [-0.39, 0.29) is 18.6 Å². The molecule has 1 aliphatic heterocycles. The zero-order chi connectivity index (χ0) is 8.10. The van der Waals surface area contributed by atoms with Gasteiger partial charge < -0.3 is 4.74 Å². The molecule has 1 atom stereocenters. The van der Waals surface area contributed by atoms with Crippen LogP contribution in [-0.4, -0.2) is 18.6 Å². The molecule has 0 aromatic carbocycles. The molecule has 0 amide bonds. The number of rotatable bonds is 2. The summed E-state index contributed by atoms with van der Waals surface area (Å²) in [5.41, 5.74) is 7.98. The van der Waals surface area contributed by atoms with Gasteiger partial charge in [0.1, 0.15) is 6.10 Å². The Kier molecular flexibility index (Phi) is 2.74. The van der Waals surface area contributed by atoms with E-state index in [4.69, 9.17) is 10.3 Å². The number of azide groups is 1. The van der Waals surface area contributed by atoms with E-state index < -0.39 is 0 Å². The van der Waals surface area contributed by atoms with Crippen molar-refractivity contribution < 1.29 is 9.53 Å². The van der Waals surface area contributed by atoms with Gasteiger partial charge in [0.2, 0.25) is 0 Å². The molecule has 1 aliphatic rings. The Morgan fingerprint density at radius 3 is 3.27 bits per heavy atom. The van der Waals surface area contributed by atoms with Gasteiger partial charge >= 0.3 is 5.97 Å². The Hall–Kier alpha value is -1.22. The zero-order valence-electron chi connectivity index (χ0n) is 6.06. The molecule has 0 aromatic heterocycles. The van der Waals surface area contributed by atoms with Crippen LogP contribution in [0.15, 0.2) is 5.11 Å². The number of ether oxygens (including phenoxy) is 1. The molecule has 5 nitrogen and oxygen atoms in total. The first-order valence-corrected chi connectivity index (χ1v) is 3.53. The fourth-order valence-corrected chi connectivity index (χ4v) is 1.03. The van der Waals surface area contributed by atoms with E-state index in [1.165, 1.54) is 0 Å². The summed E-state index contributed by atoms with van der Waals surface area (Å²) in [5.74, 6) is -0.186. The fourth-order valence-electron chi connectivity index (χ4n) is 1.03. The predicted molar refractivity (Wildman–Crippen MR) is 37.7 cm³/mol. The normalized spacial score (nSPS) is 23.6. The molecule has 0 aliphatic carbocycles. The third-order valence-electron chi connectivity index (χ3n) is 1.55. The number of nitrogens with zero attached hydrogens (tertiary/aromatic N) is 3. The minimum atomic E-state index is -0.188. The standard InChI is InChI=1S/C6H9N3O2/c7-9-8-4-5-2-1-3-6(10)11-5/h5H,1-4H2/t5-/m1/s1. The van der Waals surface area contributed by atoms with Crippen LogP contribution in [0.1, 0.15) is 19.3 Å². The fraction of sp³-hybridized carbons (Fsp3) is 0.833. The van der Waals surface area contributed by atoms with E-state index in [1.807, 2.05) is 0 Å².